The van der Waals surface area contributed by atoms with Crippen LogP contribution in [0.25, 0.3) is 0 Å². The SMILES string of the molecule is COc1ccc(C)cc1NC(=O)c1ccc(Cn2nc(C)c(Br)c2C)o1. The lowest BCUT2D eigenvalue weighted by molar-refractivity contribution is 0.0994. The number of amides is 1. The number of methoxy groups -OCH3 is 1. The number of aromatic nitrogens is 2. The summed E-state index contributed by atoms with van der Waals surface area (Å²) < 4.78 is 13.8. The van der Waals surface area contributed by atoms with Crippen molar-refractivity contribution in [3.05, 3.63) is 63.3 Å². The topological polar surface area (TPSA) is 69.3 Å². The van der Waals surface area contributed by atoms with Gasteiger partial charge in [0, 0.05) is 0 Å². The number of rotatable bonds is 5. The largest absolute Gasteiger partial charge is 0.495 e. The van der Waals surface area contributed by atoms with Crippen molar-refractivity contribution in [3.8, 4) is 5.75 Å². The molecule has 0 unspecified atom stereocenters. The molecule has 1 aromatic carbocycles. The van der Waals surface area contributed by atoms with Gasteiger partial charge < -0.3 is 14.5 Å². The summed E-state index contributed by atoms with van der Waals surface area (Å²) in [4.78, 5) is 12.5. The first-order valence-corrected chi connectivity index (χ1v) is 8.92. The molecular weight excluding hydrogens is 398 g/mol. The zero-order valence-corrected chi connectivity index (χ0v) is 16.7. The van der Waals surface area contributed by atoms with Crippen LogP contribution in [0.2, 0.25) is 0 Å². The Morgan fingerprint density at radius 3 is 2.69 bits per heavy atom. The quantitative estimate of drug-likeness (QED) is 0.664. The number of nitrogens with one attached hydrogen (secondary N) is 1. The van der Waals surface area contributed by atoms with Gasteiger partial charge in [0.15, 0.2) is 5.76 Å². The van der Waals surface area contributed by atoms with E-state index in [0.29, 0.717) is 23.7 Å². The first-order valence-electron chi connectivity index (χ1n) is 8.13. The number of anilines is 1. The van der Waals surface area contributed by atoms with Gasteiger partial charge in [0.25, 0.3) is 5.91 Å². The van der Waals surface area contributed by atoms with Gasteiger partial charge in [-0.2, -0.15) is 5.10 Å². The number of carbonyl (C=O) groups is 1. The molecule has 0 radical (unpaired) electrons. The highest BCUT2D eigenvalue weighted by atomic mass is 79.9. The lowest BCUT2D eigenvalue weighted by atomic mass is 10.2. The van der Waals surface area contributed by atoms with Crippen LogP contribution in [0.1, 0.15) is 33.3 Å². The highest BCUT2D eigenvalue weighted by molar-refractivity contribution is 9.10. The minimum atomic E-state index is -0.324. The summed E-state index contributed by atoms with van der Waals surface area (Å²) in [6.45, 7) is 6.32. The number of furan rings is 1. The predicted octanol–water partition coefficient (Wildman–Crippen LogP) is 4.47. The molecule has 0 saturated heterocycles. The van der Waals surface area contributed by atoms with Crippen molar-refractivity contribution in [2.75, 3.05) is 12.4 Å². The third-order valence-electron chi connectivity index (χ3n) is 4.09. The van der Waals surface area contributed by atoms with Gasteiger partial charge in [0.1, 0.15) is 11.5 Å². The molecule has 0 aliphatic carbocycles. The van der Waals surface area contributed by atoms with Crippen LogP contribution in [0, 0.1) is 20.8 Å². The lowest BCUT2D eigenvalue weighted by Gasteiger charge is -2.10. The van der Waals surface area contributed by atoms with E-state index >= 15 is 0 Å². The summed E-state index contributed by atoms with van der Waals surface area (Å²) in [5, 5.41) is 7.28. The van der Waals surface area contributed by atoms with E-state index in [9.17, 15) is 4.79 Å². The molecule has 0 fully saturated rings. The third-order valence-corrected chi connectivity index (χ3v) is 5.24. The van der Waals surface area contributed by atoms with Crippen molar-refractivity contribution in [3.63, 3.8) is 0 Å². The molecule has 1 N–H and O–H groups in total. The van der Waals surface area contributed by atoms with Gasteiger partial charge in [-0.1, -0.05) is 6.07 Å². The average Bonchev–Trinajstić information content (AvgIpc) is 3.17. The Labute approximate surface area is 160 Å². The third kappa shape index (κ3) is 3.67. The van der Waals surface area contributed by atoms with Crippen molar-refractivity contribution in [1.29, 1.82) is 0 Å². The molecule has 3 rings (SSSR count). The van der Waals surface area contributed by atoms with E-state index in [2.05, 4.69) is 26.3 Å². The van der Waals surface area contributed by atoms with E-state index in [1.807, 2.05) is 43.7 Å². The summed E-state index contributed by atoms with van der Waals surface area (Å²) in [6, 6.07) is 9.04. The van der Waals surface area contributed by atoms with Gasteiger partial charge in [-0.3, -0.25) is 9.48 Å². The van der Waals surface area contributed by atoms with Gasteiger partial charge in [-0.15, -0.1) is 0 Å². The highest BCUT2D eigenvalue weighted by Crippen LogP contribution is 2.26. The molecule has 0 aliphatic rings. The molecular formula is C19H20BrN3O3. The minimum Gasteiger partial charge on any atom is -0.495 e. The number of nitrogens with zero attached hydrogens (tertiary/aromatic N) is 2. The summed E-state index contributed by atoms with van der Waals surface area (Å²) in [7, 11) is 1.57. The molecule has 6 nitrogen and oxygen atoms in total. The second-order valence-corrected chi connectivity index (χ2v) is 6.86. The van der Waals surface area contributed by atoms with Crippen molar-refractivity contribution in [2.24, 2.45) is 0 Å². The molecule has 0 saturated carbocycles. The van der Waals surface area contributed by atoms with Gasteiger partial charge in [-0.05, 0) is 66.5 Å². The normalized spacial score (nSPS) is 10.8. The zero-order valence-electron chi connectivity index (χ0n) is 15.1. The fourth-order valence-corrected chi connectivity index (χ4v) is 2.95. The van der Waals surface area contributed by atoms with Gasteiger partial charge in [0.05, 0.1) is 35.2 Å². The van der Waals surface area contributed by atoms with Gasteiger partial charge >= 0.3 is 0 Å². The Kier molecular flexibility index (Phi) is 5.18. The van der Waals surface area contributed by atoms with E-state index in [0.717, 1.165) is 21.4 Å². The Morgan fingerprint density at radius 1 is 1.27 bits per heavy atom. The molecule has 2 heterocycles. The summed E-state index contributed by atoms with van der Waals surface area (Å²) in [5.41, 5.74) is 3.56. The second-order valence-electron chi connectivity index (χ2n) is 6.07. The molecule has 1 amide bonds. The number of aryl methyl sites for hydroxylation is 2. The number of halogens is 1. The van der Waals surface area contributed by atoms with Crippen LogP contribution < -0.4 is 10.1 Å². The Balaban J connectivity index is 1.76. The van der Waals surface area contributed by atoms with Crippen molar-refractivity contribution in [2.45, 2.75) is 27.3 Å². The van der Waals surface area contributed by atoms with Gasteiger partial charge in [0.2, 0.25) is 0 Å². The standard InChI is InChI=1S/C19H20BrN3O3/c1-11-5-7-16(25-4)15(9-11)21-19(24)17-8-6-14(26-17)10-23-13(3)18(20)12(2)22-23/h5-9H,10H2,1-4H3,(H,21,24). The average molecular weight is 418 g/mol. The van der Waals surface area contributed by atoms with E-state index in [-0.39, 0.29) is 11.7 Å². The Bertz CT molecular complexity index is 959. The molecule has 2 aromatic heterocycles. The molecule has 7 heteroatoms. The van der Waals surface area contributed by atoms with E-state index in [1.165, 1.54) is 0 Å². The molecule has 0 bridgehead atoms. The molecule has 136 valence electrons. The number of ether oxygens (including phenoxy) is 1. The highest BCUT2D eigenvalue weighted by Gasteiger charge is 2.16. The van der Waals surface area contributed by atoms with Crippen LogP contribution in [-0.4, -0.2) is 22.8 Å². The van der Waals surface area contributed by atoms with E-state index < -0.39 is 0 Å². The lowest BCUT2D eigenvalue weighted by Crippen LogP contribution is -2.12. The number of hydrogen-bond acceptors (Lipinski definition) is 4. The van der Waals surface area contributed by atoms with Crippen LogP contribution in [0.5, 0.6) is 5.75 Å². The van der Waals surface area contributed by atoms with Crippen molar-refractivity contribution < 1.29 is 13.9 Å². The first kappa shape index (κ1) is 18.3. The maximum atomic E-state index is 12.5. The Hall–Kier alpha value is -2.54. The fraction of sp³-hybridized carbons (Fsp3) is 0.263. The molecule has 26 heavy (non-hydrogen) atoms. The fourth-order valence-electron chi connectivity index (χ4n) is 2.66. The minimum absolute atomic E-state index is 0.240. The van der Waals surface area contributed by atoms with E-state index in [1.54, 1.807) is 19.2 Å². The van der Waals surface area contributed by atoms with Crippen LogP contribution in [0.4, 0.5) is 5.69 Å². The summed E-state index contributed by atoms with van der Waals surface area (Å²) in [6.07, 6.45) is 0. The van der Waals surface area contributed by atoms with Crippen LogP contribution in [0.3, 0.4) is 0 Å². The monoisotopic (exact) mass is 417 g/mol. The maximum absolute atomic E-state index is 12.5. The number of benzene rings is 1. The first-order chi connectivity index (χ1) is 12.4. The zero-order chi connectivity index (χ0) is 18.8. The number of hydrogen-bond donors (Lipinski definition) is 1. The molecule has 3 aromatic rings. The number of carbonyl (C=O) groups excluding carboxylic acids is 1. The maximum Gasteiger partial charge on any atom is 0.291 e. The van der Waals surface area contributed by atoms with Crippen molar-refractivity contribution in [1.82, 2.24) is 9.78 Å². The molecule has 0 aliphatic heterocycles. The van der Waals surface area contributed by atoms with Crippen LogP contribution in [-0.2, 0) is 6.54 Å². The van der Waals surface area contributed by atoms with E-state index in [4.69, 9.17) is 9.15 Å². The second kappa shape index (κ2) is 7.37. The van der Waals surface area contributed by atoms with Crippen molar-refractivity contribution >= 4 is 27.5 Å². The Morgan fingerprint density at radius 2 is 2.04 bits per heavy atom. The molecule has 0 spiro atoms. The summed E-state index contributed by atoms with van der Waals surface area (Å²) >= 11 is 3.51. The predicted molar refractivity (Wildman–Crippen MR) is 103 cm³/mol. The van der Waals surface area contributed by atoms with Crippen LogP contribution in [0.15, 0.2) is 39.2 Å². The van der Waals surface area contributed by atoms with Crippen LogP contribution >= 0.6 is 15.9 Å². The van der Waals surface area contributed by atoms with Gasteiger partial charge in [-0.25, -0.2) is 0 Å². The molecule has 0 atom stereocenters. The summed E-state index contributed by atoms with van der Waals surface area (Å²) in [5.74, 6) is 1.17. The smallest absolute Gasteiger partial charge is 0.291 e.